The first-order valence-corrected chi connectivity index (χ1v) is 6.96. The molecule has 3 heterocycles. The van der Waals surface area contributed by atoms with Crippen LogP contribution < -0.4 is 5.32 Å². The fraction of sp³-hybridized carbons (Fsp3) is 0.467. The molecule has 0 saturated carbocycles. The molecule has 1 N–H and O–H groups in total. The zero-order valence-corrected chi connectivity index (χ0v) is 11.3. The lowest BCUT2D eigenvalue weighted by atomic mass is 9.96. The normalized spacial score (nSPS) is 19.5. The number of piperidine rings is 1. The Morgan fingerprint density at radius 2 is 2.37 bits per heavy atom. The molecule has 1 fully saturated rings. The molecule has 1 saturated heterocycles. The summed E-state index contributed by atoms with van der Waals surface area (Å²) >= 11 is 0. The Labute approximate surface area is 113 Å². The molecular weight excluding hydrogens is 236 g/mol. The topological polar surface area (TPSA) is 42.7 Å². The molecule has 2 aromatic rings. The van der Waals surface area contributed by atoms with Gasteiger partial charge in [-0.3, -0.25) is 4.98 Å². The average molecular weight is 256 g/mol. The second kappa shape index (κ2) is 5.53. The average Bonchev–Trinajstić information content (AvgIpc) is 2.88. The Bertz CT molecular complexity index is 541. The van der Waals surface area contributed by atoms with Gasteiger partial charge in [-0.25, -0.2) is 4.98 Å². The Morgan fingerprint density at radius 3 is 3.16 bits per heavy atom. The fourth-order valence-electron chi connectivity index (χ4n) is 2.77. The second-order valence-electron chi connectivity index (χ2n) is 5.26. The summed E-state index contributed by atoms with van der Waals surface area (Å²) in [6.45, 7) is 5.05. The maximum Gasteiger partial charge on any atom is 0.0951 e. The molecule has 0 amide bonds. The van der Waals surface area contributed by atoms with Crippen molar-refractivity contribution in [2.45, 2.75) is 32.2 Å². The van der Waals surface area contributed by atoms with E-state index in [1.807, 2.05) is 25.5 Å². The van der Waals surface area contributed by atoms with E-state index in [-0.39, 0.29) is 0 Å². The number of nitrogens with zero attached hydrogens (tertiary/aromatic N) is 3. The molecule has 100 valence electrons. The van der Waals surface area contributed by atoms with Crippen LogP contribution in [-0.2, 0) is 6.54 Å². The molecule has 4 nitrogen and oxygen atoms in total. The van der Waals surface area contributed by atoms with E-state index in [0.29, 0.717) is 5.92 Å². The zero-order valence-electron chi connectivity index (χ0n) is 11.3. The van der Waals surface area contributed by atoms with Crippen LogP contribution in [0.3, 0.4) is 0 Å². The van der Waals surface area contributed by atoms with Crippen molar-refractivity contribution in [3.63, 3.8) is 0 Å². The molecule has 0 radical (unpaired) electrons. The first-order valence-electron chi connectivity index (χ1n) is 6.96. The van der Waals surface area contributed by atoms with E-state index in [9.17, 15) is 0 Å². The molecule has 0 spiro atoms. The van der Waals surface area contributed by atoms with Crippen molar-refractivity contribution in [1.29, 1.82) is 0 Å². The minimum Gasteiger partial charge on any atom is -0.328 e. The molecule has 19 heavy (non-hydrogen) atoms. The maximum absolute atomic E-state index is 4.57. The zero-order chi connectivity index (χ0) is 13.1. The van der Waals surface area contributed by atoms with E-state index in [0.717, 1.165) is 31.0 Å². The number of nitrogens with one attached hydrogen (secondary N) is 1. The van der Waals surface area contributed by atoms with Gasteiger partial charge in [0.25, 0.3) is 0 Å². The highest BCUT2D eigenvalue weighted by molar-refractivity contribution is 5.14. The van der Waals surface area contributed by atoms with Gasteiger partial charge in [0.1, 0.15) is 0 Å². The Hall–Kier alpha value is -1.68. The smallest absolute Gasteiger partial charge is 0.0951 e. The van der Waals surface area contributed by atoms with Crippen LogP contribution in [0, 0.1) is 6.92 Å². The van der Waals surface area contributed by atoms with Gasteiger partial charge in [0.2, 0.25) is 0 Å². The monoisotopic (exact) mass is 256 g/mol. The van der Waals surface area contributed by atoms with Crippen molar-refractivity contribution in [2.24, 2.45) is 0 Å². The summed E-state index contributed by atoms with van der Waals surface area (Å²) in [7, 11) is 0. The summed E-state index contributed by atoms with van der Waals surface area (Å²) in [6, 6.07) is 6.18. The number of hydrogen-bond acceptors (Lipinski definition) is 3. The minimum absolute atomic E-state index is 0.584. The molecule has 1 unspecified atom stereocenters. The van der Waals surface area contributed by atoms with Crippen LogP contribution in [0.1, 0.15) is 35.8 Å². The van der Waals surface area contributed by atoms with Gasteiger partial charge in [0, 0.05) is 30.0 Å². The lowest BCUT2D eigenvalue weighted by Crippen LogP contribution is -2.29. The summed E-state index contributed by atoms with van der Waals surface area (Å²) in [5.41, 5.74) is 3.50. The highest BCUT2D eigenvalue weighted by Crippen LogP contribution is 2.23. The van der Waals surface area contributed by atoms with Crippen LogP contribution in [0.4, 0.5) is 0 Å². The van der Waals surface area contributed by atoms with E-state index >= 15 is 0 Å². The summed E-state index contributed by atoms with van der Waals surface area (Å²) in [5, 5.41) is 3.47. The summed E-state index contributed by atoms with van der Waals surface area (Å²) in [6.07, 6.45) is 6.43. The van der Waals surface area contributed by atoms with E-state index in [2.05, 4.69) is 32.0 Å². The predicted octanol–water partition coefficient (Wildman–Crippen LogP) is 2.10. The second-order valence-corrected chi connectivity index (χ2v) is 5.26. The van der Waals surface area contributed by atoms with Gasteiger partial charge in [0.15, 0.2) is 0 Å². The molecule has 1 aliphatic rings. The number of pyridine rings is 1. The van der Waals surface area contributed by atoms with Crippen LogP contribution in [0.5, 0.6) is 0 Å². The third-order valence-electron chi connectivity index (χ3n) is 3.74. The van der Waals surface area contributed by atoms with Gasteiger partial charge < -0.3 is 9.88 Å². The Kier molecular flexibility index (Phi) is 3.60. The summed E-state index contributed by atoms with van der Waals surface area (Å²) < 4.78 is 2.24. The van der Waals surface area contributed by atoms with Crippen molar-refractivity contribution in [2.75, 3.05) is 13.1 Å². The highest BCUT2D eigenvalue weighted by Gasteiger charge is 2.18. The SMILES string of the molecule is Cc1cccc(Cn2cncc2C2CCCNC2)n1. The summed E-state index contributed by atoms with van der Waals surface area (Å²) in [4.78, 5) is 8.89. The lowest BCUT2D eigenvalue weighted by molar-refractivity contribution is 0.443. The number of rotatable bonds is 3. The van der Waals surface area contributed by atoms with E-state index in [4.69, 9.17) is 0 Å². The first-order chi connectivity index (χ1) is 9.33. The molecule has 2 aromatic heterocycles. The van der Waals surface area contributed by atoms with Crippen molar-refractivity contribution in [3.05, 3.63) is 47.8 Å². The predicted molar refractivity (Wildman–Crippen MR) is 75.1 cm³/mol. The molecule has 0 aromatic carbocycles. The van der Waals surface area contributed by atoms with E-state index in [1.54, 1.807) is 0 Å². The minimum atomic E-state index is 0.584. The third kappa shape index (κ3) is 2.84. The quantitative estimate of drug-likeness (QED) is 0.914. The number of imidazole rings is 1. The van der Waals surface area contributed by atoms with Crippen LogP contribution >= 0.6 is 0 Å². The Balaban J connectivity index is 1.80. The molecule has 0 aliphatic carbocycles. The molecule has 0 bridgehead atoms. The largest absolute Gasteiger partial charge is 0.328 e. The molecule has 3 rings (SSSR count). The molecular formula is C15H20N4. The molecule has 1 aliphatic heterocycles. The van der Waals surface area contributed by atoms with Crippen molar-refractivity contribution in [1.82, 2.24) is 19.9 Å². The van der Waals surface area contributed by atoms with Gasteiger partial charge in [-0.2, -0.15) is 0 Å². The number of hydrogen-bond donors (Lipinski definition) is 1. The van der Waals surface area contributed by atoms with E-state index < -0.39 is 0 Å². The van der Waals surface area contributed by atoms with Crippen LogP contribution in [-0.4, -0.2) is 27.6 Å². The van der Waals surface area contributed by atoms with Crippen molar-refractivity contribution in [3.8, 4) is 0 Å². The standard InChI is InChI=1S/C15H20N4/c1-12-4-2-6-14(18-12)10-19-11-17-9-15(19)13-5-3-7-16-8-13/h2,4,6,9,11,13,16H,3,5,7-8,10H2,1H3. The van der Waals surface area contributed by atoms with Crippen LogP contribution in [0.2, 0.25) is 0 Å². The lowest BCUT2D eigenvalue weighted by Gasteiger charge is -2.23. The highest BCUT2D eigenvalue weighted by atomic mass is 15.1. The number of aryl methyl sites for hydroxylation is 1. The fourth-order valence-corrected chi connectivity index (χ4v) is 2.77. The first kappa shape index (κ1) is 12.4. The number of aromatic nitrogens is 3. The van der Waals surface area contributed by atoms with Gasteiger partial charge in [-0.05, 0) is 38.4 Å². The van der Waals surface area contributed by atoms with Crippen molar-refractivity contribution < 1.29 is 0 Å². The van der Waals surface area contributed by atoms with Crippen molar-refractivity contribution >= 4 is 0 Å². The summed E-state index contributed by atoms with van der Waals surface area (Å²) in [5.74, 6) is 0.584. The van der Waals surface area contributed by atoms with Gasteiger partial charge in [-0.15, -0.1) is 0 Å². The van der Waals surface area contributed by atoms with E-state index in [1.165, 1.54) is 18.5 Å². The van der Waals surface area contributed by atoms with Crippen LogP contribution in [0.25, 0.3) is 0 Å². The molecule has 4 heteroatoms. The van der Waals surface area contributed by atoms with Gasteiger partial charge in [0.05, 0.1) is 18.6 Å². The molecule has 1 atom stereocenters. The maximum atomic E-state index is 4.57. The third-order valence-corrected chi connectivity index (χ3v) is 3.74. The van der Waals surface area contributed by atoms with Crippen LogP contribution in [0.15, 0.2) is 30.7 Å². The van der Waals surface area contributed by atoms with Gasteiger partial charge in [-0.1, -0.05) is 6.07 Å². The van der Waals surface area contributed by atoms with Gasteiger partial charge >= 0.3 is 0 Å². The Morgan fingerprint density at radius 1 is 1.42 bits per heavy atom.